The Bertz CT molecular complexity index is 686. The number of anilines is 1. The van der Waals surface area contributed by atoms with Crippen LogP contribution in [0.5, 0.6) is 0 Å². The van der Waals surface area contributed by atoms with E-state index in [1.54, 1.807) is 23.7 Å². The zero-order chi connectivity index (χ0) is 16.9. The molecule has 1 atom stereocenters. The molecular formula is C16H21FN6O. The van der Waals surface area contributed by atoms with Gasteiger partial charge >= 0.3 is 0 Å². The summed E-state index contributed by atoms with van der Waals surface area (Å²) in [6.45, 7) is 4.75. The van der Waals surface area contributed by atoms with Gasteiger partial charge in [0.05, 0.1) is 6.54 Å². The normalized spacial score (nSPS) is 17.2. The third kappa shape index (κ3) is 4.06. The van der Waals surface area contributed by atoms with E-state index in [2.05, 4.69) is 25.7 Å². The van der Waals surface area contributed by atoms with Crippen LogP contribution in [0.25, 0.3) is 0 Å². The second-order valence-electron chi connectivity index (χ2n) is 6.08. The van der Waals surface area contributed by atoms with Crippen molar-refractivity contribution in [1.82, 2.24) is 25.5 Å². The molecule has 128 valence electrons. The number of hydrogen-bond donors (Lipinski definition) is 1. The number of tetrazole rings is 1. The minimum Gasteiger partial charge on any atom is -0.371 e. The molecule has 3 rings (SSSR count). The Kier molecular flexibility index (Phi) is 5.02. The summed E-state index contributed by atoms with van der Waals surface area (Å²) >= 11 is 0. The van der Waals surface area contributed by atoms with Crippen LogP contribution in [0, 0.1) is 18.7 Å². The molecule has 0 spiro atoms. The molecule has 24 heavy (non-hydrogen) atoms. The zero-order valence-electron chi connectivity index (χ0n) is 13.7. The summed E-state index contributed by atoms with van der Waals surface area (Å²) < 4.78 is 14.6. The Hall–Kier alpha value is -2.51. The lowest BCUT2D eigenvalue weighted by Crippen LogP contribution is -2.31. The number of halogens is 1. The number of aryl methyl sites for hydroxylation is 2. The van der Waals surface area contributed by atoms with E-state index in [0.29, 0.717) is 31.3 Å². The van der Waals surface area contributed by atoms with Crippen LogP contribution in [0.1, 0.15) is 18.7 Å². The number of carbonyl (C=O) groups excluding carboxylic acids is 1. The Morgan fingerprint density at radius 2 is 2.17 bits per heavy atom. The van der Waals surface area contributed by atoms with Crippen LogP contribution < -0.4 is 10.2 Å². The highest BCUT2D eigenvalue weighted by Gasteiger charge is 2.23. The maximum Gasteiger partial charge on any atom is 0.221 e. The Labute approximate surface area is 139 Å². The van der Waals surface area contributed by atoms with Crippen molar-refractivity contribution >= 4 is 11.6 Å². The standard InChI is InChI=1S/C16H21FN6O/c1-12-19-20-21-23(12)9-7-16(24)18-10-13-6-8-22(11-13)15-4-2-14(17)3-5-15/h2-5,13H,6-11H2,1H3,(H,18,24). The van der Waals surface area contributed by atoms with Crippen molar-refractivity contribution in [1.29, 1.82) is 0 Å². The summed E-state index contributed by atoms with van der Waals surface area (Å²) in [6.07, 6.45) is 1.38. The third-order valence-electron chi connectivity index (χ3n) is 4.33. The first-order valence-electron chi connectivity index (χ1n) is 8.12. The predicted molar refractivity (Wildman–Crippen MR) is 86.9 cm³/mol. The lowest BCUT2D eigenvalue weighted by Gasteiger charge is -2.18. The maximum atomic E-state index is 13.0. The topological polar surface area (TPSA) is 75.9 Å². The maximum absolute atomic E-state index is 13.0. The van der Waals surface area contributed by atoms with Crippen LogP contribution in [-0.2, 0) is 11.3 Å². The quantitative estimate of drug-likeness (QED) is 0.859. The zero-order valence-corrected chi connectivity index (χ0v) is 13.7. The number of rotatable bonds is 6. The summed E-state index contributed by atoms with van der Waals surface area (Å²) in [6, 6.07) is 6.55. The number of aromatic nitrogens is 4. The molecule has 2 aromatic rings. The Morgan fingerprint density at radius 1 is 1.38 bits per heavy atom. The number of carbonyl (C=O) groups is 1. The fourth-order valence-electron chi connectivity index (χ4n) is 2.90. The van der Waals surface area contributed by atoms with Crippen LogP contribution in [0.15, 0.2) is 24.3 Å². The van der Waals surface area contributed by atoms with Gasteiger partial charge in [0.1, 0.15) is 11.6 Å². The van der Waals surface area contributed by atoms with Gasteiger partial charge in [-0.1, -0.05) is 0 Å². The number of nitrogens with zero attached hydrogens (tertiary/aromatic N) is 5. The van der Waals surface area contributed by atoms with Crippen molar-refractivity contribution in [2.24, 2.45) is 5.92 Å². The third-order valence-corrected chi connectivity index (χ3v) is 4.33. The second kappa shape index (κ2) is 7.37. The molecule has 0 aliphatic carbocycles. The van der Waals surface area contributed by atoms with Gasteiger partial charge in [0.15, 0.2) is 0 Å². The number of nitrogens with one attached hydrogen (secondary N) is 1. The van der Waals surface area contributed by atoms with Gasteiger partial charge in [0, 0.05) is 31.7 Å². The van der Waals surface area contributed by atoms with Crippen molar-refractivity contribution in [2.45, 2.75) is 26.3 Å². The highest BCUT2D eigenvalue weighted by molar-refractivity contribution is 5.75. The van der Waals surface area contributed by atoms with Gasteiger partial charge in [-0.15, -0.1) is 5.10 Å². The summed E-state index contributed by atoms with van der Waals surface area (Å²) in [4.78, 5) is 14.2. The molecule has 7 nitrogen and oxygen atoms in total. The lowest BCUT2D eigenvalue weighted by molar-refractivity contribution is -0.121. The number of amides is 1. The minimum atomic E-state index is -0.223. The van der Waals surface area contributed by atoms with E-state index >= 15 is 0 Å². The van der Waals surface area contributed by atoms with Crippen LogP contribution in [-0.4, -0.2) is 45.7 Å². The monoisotopic (exact) mass is 332 g/mol. The Balaban J connectivity index is 1.40. The molecule has 1 saturated heterocycles. The van der Waals surface area contributed by atoms with Gasteiger partial charge in [-0.2, -0.15) is 0 Å². The van der Waals surface area contributed by atoms with Crippen molar-refractivity contribution in [2.75, 3.05) is 24.5 Å². The van der Waals surface area contributed by atoms with E-state index < -0.39 is 0 Å². The number of benzene rings is 1. The first-order valence-corrected chi connectivity index (χ1v) is 8.12. The highest BCUT2D eigenvalue weighted by Crippen LogP contribution is 2.23. The van der Waals surface area contributed by atoms with Gasteiger partial charge in [0.25, 0.3) is 0 Å². The first kappa shape index (κ1) is 16.4. The summed E-state index contributed by atoms with van der Waals surface area (Å²) in [7, 11) is 0. The van der Waals surface area contributed by atoms with Crippen molar-refractivity contribution in [3.8, 4) is 0 Å². The molecule has 0 saturated carbocycles. The molecule has 1 fully saturated rings. The van der Waals surface area contributed by atoms with Crippen LogP contribution in [0.4, 0.5) is 10.1 Å². The van der Waals surface area contributed by atoms with Crippen LogP contribution >= 0.6 is 0 Å². The van der Waals surface area contributed by atoms with Gasteiger partial charge in [-0.3, -0.25) is 4.79 Å². The van der Waals surface area contributed by atoms with Crippen molar-refractivity contribution < 1.29 is 9.18 Å². The van der Waals surface area contributed by atoms with E-state index in [1.165, 1.54) is 12.1 Å². The van der Waals surface area contributed by atoms with E-state index in [9.17, 15) is 9.18 Å². The van der Waals surface area contributed by atoms with Gasteiger partial charge in [0.2, 0.25) is 5.91 Å². The second-order valence-corrected chi connectivity index (χ2v) is 6.08. The van der Waals surface area contributed by atoms with E-state index in [-0.39, 0.29) is 11.7 Å². The average molecular weight is 332 g/mol. The van der Waals surface area contributed by atoms with Crippen LogP contribution in [0.2, 0.25) is 0 Å². The summed E-state index contributed by atoms with van der Waals surface area (Å²) in [5, 5.41) is 14.1. The summed E-state index contributed by atoms with van der Waals surface area (Å²) in [5.74, 6) is 0.895. The molecular weight excluding hydrogens is 311 g/mol. The number of hydrogen-bond acceptors (Lipinski definition) is 5. The molecule has 1 N–H and O–H groups in total. The summed E-state index contributed by atoms with van der Waals surface area (Å²) in [5.41, 5.74) is 1.03. The van der Waals surface area contributed by atoms with Gasteiger partial charge < -0.3 is 10.2 Å². The molecule has 8 heteroatoms. The van der Waals surface area contributed by atoms with Crippen LogP contribution in [0.3, 0.4) is 0 Å². The smallest absolute Gasteiger partial charge is 0.221 e. The largest absolute Gasteiger partial charge is 0.371 e. The van der Waals surface area contributed by atoms with Crippen molar-refractivity contribution in [3.05, 3.63) is 35.9 Å². The Morgan fingerprint density at radius 3 is 2.88 bits per heavy atom. The fraction of sp³-hybridized carbons (Fsp3) is 0.500. The van der Waals surface area contributed by atoms with Gasteiger partial charge in [-0.05, 0) is 54.0 Å². The van der Waals surface area contributed by atoms with Gasteiger partial charge in [-0.25, -0.2) is 9.07 Å². The molecule has 1 aliphatic rings. The molecule has 1 aromatic carbocycles. The van der Waals surface area contributed by atoms with E-state index in [4.69, 9.17) is 0 Å². The first-order chi connectivity index (χ1) is 11.6. The molecule has 0 radical (unpaired) electrons. The lowest BCUT2D eigenvalue weighted by atomic mass is 10.1. The minimum absolute atomic E-state index is 0.00475. The van der Waals surface area contributed by atoms with E-state index in [0.717, 1.165) is 25.2 Å². The molecule has 1 amide bonds. The molecule has 0 bridgehead atoms. The van der Waals surface area contributed by atoms with E-state index in [1.807, 2.05) is 0 Å². The molecule has 1 aromatic heterocycles. The fourth-order valence-corrected chi connectivity index (χ4v) is 2.90. The average Bonchev–Trinajstić information content (AvgIpc) is 3.21. The predicted octanol–water partition coefficient (Wildman–Crippen LogP) is 1.15. The molecule has 2 heterocycles. The highest BCUT2D eigenvalue weighted by atomic mass is 19.1. The SMILES string of the molecule is Cc1nnnn1CCC(=O)NCC1CCN(c2ccc(F)cc2)C1. The molecule has 1 unspecified atom stereocenters. The molecule has 1 aliphatic heterocycles. The van der Waals surface area contributed by atoms with Crippen molar-refractivity contribution in [3.63, 3.8) is 0 Å².